The van der Waals surface area contributed by atoms with Gasteiger partial charge in [-0.15, -0.1) is 0 Å². The van der Waals surface area contributed by atoms with Crippen molar-refractivity contribution in [1.82, 2.24) is 15.6 Å². The molecular weight excluding hydrogens is 456 g/mol. The maximum absolute atomic E-state index is 12.7. The van der Waals surface area contributed by atoms with Crippen molar-refractivity contribution in [1.29, 1.82) is 5.26 Å². The molecule has 0 saturated heterocycles. The molecular formula is C19H17Cl2F3N6O. The van der Waals surface area contributed by atoms with Crippen LogP contribution in [0.5, 0.6) is 0 Å². The molecule has 0 aliphatic rings. The topological polar surface area (TPSA) is 102 Å². The summed E-state index contributed by atoms with van der Waals surface area (Å²) in [7, 11) is 0. The SMILES string of the molecule is Cc1cccc(C(=O)NC(/N=C(\NC#N)Nc2ccc(C(F)(F)F)nc2)C(C)(Cl)Cl)c1. The van der Waals surface area contributed by atoms with E-state index >= 15 is 0 Å². The summed E-state index contributed by atoms with van der Waals surface area (Å²) in [5.41, 5.74) is 0.217. The monoisotopic (exact) mass is 472 g/mol. The van der Waals surface area contributed by atoms with Crippen LogP contribution in [-0.2, 0) is 6.18 Å². The summed E-state index contributed by atoms with van der Waals surface area (Å²) in [6.45, 7) is 3.20. The zero-order valence-electron chi connectivity index (χ0n) is 16.3. The van der Waals surface area contributed by atoms with Crippen LogP contribution in [0.2, 0.25) is 0 Å². The lowest BCUT2D eigenvalue weighted by Gasteiger charge is -2.25. The Morgan fingerprint density at radius 2 is 1.97 bits per heavy atom. The summed E-state index contributed by atoms with van der Waals surface area (Å²) in [4.78, 5) is 20.0. The predicted octanol–water partition coefficient (Wildman–Crippen LogP) is 4.20. The van der Waals surface area contributed by atoms with E-state index in [1.54, 1.807) is 24.4 Å². The Hall–Kier alpha value is -3.03. The fraction of sp³-hybridized carbons (Fsp3) is 0.263. The molecule has 0 aliphatic carbocycles. The van der Waals surface area contributed by atoms with Crippen LogP contribution in [0.1, 0.15) is 28.5 Å². The Kier molecular flexibility index (Phi) is 7.70. The molecule has 164 valence electrons. The lowest BCUT2D eigenvalue weighted by Crippen LogP contribution is -2.45. The van der Waals surface area contributed by atoms with Crippen molar-refractivity contribution >= 4 is 40.8 Å². The molecule has 0 saturated carbocycles. The van der Waals surface area contributed by atoms with E-state index < -0.39 is 28.3 Å². The number of guanidine groups is 1. The second kappa shape index (κ2) is 9.85. The van der Waals surface area contributed by atoms with E-state index in [1.165, 1.54) is 6.92 Å². The molecule has 1 aromatic heterocycles. The minimum Gasteiger partial charge on any atom is -0.328 e. The van der Waals surface area contributed by atoms with Gasteiger partial charge in [0, 0.05) is 5.56 Å². The van der Waals surface area contributed by atoms with Gasteiger partial charge in [-0.2, -0.15) is 18.4 Å². The van der Waals surface area contributed by atoms with E-state index in [-0.39, 0.29) is 11.6 Å². The number of aromatic nitrogens is 1. The fourth-order valence-corrected chi connectivity index (χ4v) is 2.52. The Morgan fingerprint density at radius 1 is 1.26 bits per heavy atom. The highest BCUT2D eigenvalue weighted by atomic mass is 35.5. The van der Waals surface area contributed by atoms with Gasteiger partial charge in [0.2, 0.25) is 5.96 Å². The smallest absolute Gasteiger partial charge is 0.328 e. The number of amides is 1. The second-order valence-corrected chi connectivity index (χ2v) is 8.23. The Bertz CT molecular complexity index is 997. The van der Waals surface area contributed by atoms with Gasteiger partial charge in [-0.1, -0.05) is 40.9 Å². The molecule has 12 heteroatoms. The number of nitrogens with zero attached hydrogens (tertiary/aromatic N) is 3. The molecule has 3 N–H and O–H groups in total. The normalized spacial score (nSPS) is 13.2. The highest BCUT2D eigenvalue weighted by Gasteiger charge is 2.33. The standard InChI is InChI=1S/C19H17Cl2F3N6O/c1-11-4-3-5-12(8-11)15(31)29-16(18(2,20)21)30-17(27-10-25)28-13-6-7-14(26-9-13)19(22,23)24/h3-9,16H,1-2H3,(H,29,31)(H2,27,28,30). The molecule has 0 spiro atoms. The average molecular weight is 473 g/mol. The van der Waals surface area contributed by atoms with Gasteiger partial charge in [-0.3, -0.25) is 10.1 Å². The van der Waals surface area contributed by atoms with E-state index in [2.05, 4.69) is 25.9 Å². The number of nitriles is 1. The molecule has 7 nitrogen and oxygen atoms in total. The van der Waals surface area contributed by atoms with Crippen molar-refractivity contribution in [2.24, 2.45) is 4.99 Å². The molecule has 1 heterocycles. The van der Waals surface area contributed by atoms with E-state index in [1.807, 2.05) is 13.0 Å². The number of carbonyl (C=O) groups excluding carboxylic acids is 1. The summed E-state index contributed by atoms with van der Waals surface area (Å²) >= 11 is 12.3. The minimum absolute atomic E-state index is 0.101. The van der Waals surface area contributed by atoms with Crippen LogP contribution in [0.25, 0.3) is 0 Å². The van der Waals surface area contributed by atoms with Crippen LogP contribution < -0.4 is 16.0 Å². The van der Waals surface area contributed by atoms with Crippen molar-refractivity contribution in [2.45, 2.75) is 30.5 Å². The van der Waals surface area contributed by atoms with E-state index in [0.29, 0.717) is 5.56 Å². The number of nitrogens with one attached hydrogen (secondary N) is 3. The Morgan fingerprint density at radius 3 is 2.48 bits per heavy atom. The molecule has 2 aromatic rings. The number of halogens is 5. The molecule has 0 fully saturated rings. The number of aryl methyl sites for hydroxylation is 1. The first-order valence-corrected chi connectivity index (χ1v) is 9.44. The van der Waals surface area contributed by atoms with Gasteiger partial charge in [0.25, 0.3) is 5.91 Å². The number of hydrogen-bond donors (Lipinski definition) is 3. The van der Waals surface area contributed by atoms with Gasteiger partial charge in [0.15, 0.2) is 16.7 Å². The maximum Gasteiger partial charge on any atom is 0.433 e. The van der Waals surface area contributed by atoms with Crippen molar-refractivity contribution in [2.75, 3.05) is 5.32 Å². The van der Waals surface area contributed by atoms with Gasteiger partial charge >= 0.3 is 6.18 Å². The molecule has 1 unspecified atom stereocenters. The van der Waals surface area contributed by atoms with Crippen LogP contribution in [0.3, 0.4) is 0 Å². The summed E-state index contributed by atoms with van der Waals surface area (Å²) in [6, 6.07) is 8.61. The molecule has 1 aromatic carbocycles. The highest BCUT2D eigenvalue weighted by molar-refractivity contribution is 6.48. The first-order chi connectivity index (χ1) is 14.4. The van der Waals surface area contributed by atoms with Gasteiger partial charge in [-0.25, -0.2) is 9.98 Å². The number of aliphatic imine (C=N–C) groups is 1. The third kappa shape index (κ3) is 7.31. The Labute approximate surface area is 186 Å². The highest BCUT2D eigenvalue weighted by Crippen LogP contribution is 2.28. The van der Waals surface area contributed by atoms with E-state index in [9.17, 15) is 18.0 Å². The van der Waals surface area contributed by atoms with Crippen LogP contribution in [-0.4, -0.2) is 27.3 Å². The largest absolute Gasteiger partial charge is 0.433 e. The summed E-state index contributed by atoms with van der Waals surface area (Å²) in [6.07, 6.45) is -3.27. The number of rotatable bonds is 5. The maximum atomic E-state index is 12.7. The molecule has 0 bridgehead atoms. The number of hydrogen-bond acceptors (Lipinski definition) is 4. The lowest BCUT2D eigenvalue weighted by molar-refractivity contribution is -0.141. The van der Waals surface area contributed by atoms with Crippen molar-refractivity contribution in [3.8, 4) is 6.19 Å². The summed E-state index contributed by atoms with van der Waals surface area (Å²) < 4.78 is 36.4. The zero-order chi connectivity index (χ0) is 23.2. The lowest BCUT2D eigenvalue weighted by atomic mass is 10.1. The molecule has 31 heavy (non-hydrogen) atoms. The fourth-order valence-electron chi connectivity index (χ4n) is 2.32. The number of pyridine rings is 1. The number of alkyl halides is 5. The van der Waals surface area contributed by atoms with Gasteiger partial charge in [0.05, 0.1) is 11.9 Å². The molecule has 1 atom stereocenters. The van der Waals surface area contributed by atoms with Gasteiger partial charge in [-0.05, 0) is 38.1 Å². The molecule has 1 amide bonds. The summed E-state index contributed by atoms with van der Waals surface area (Å²) in [5.74, 6) is -0.733. The van der Waals surface area contributed by atoms with Crippen LogP contribution >= 0.6 is 23.2 Å². The van der Waals surface area contributed by atoms with Crippen molar-refractivity contribution in [3.63, 3.8) is 0 Å². The molecule has 0 radical (unpaired) electrons. The second-order valence-electron chi connectivity index (χ2n) is 6.47. The van der Waals surface area contributed by atoms with Crippen LogP contribution in [0, 0.1) is 18.4 Å². The average Bonchev–Trinajstić information content (AvgIpc) is 2.66. The van der Waals surface area contributed by atoms with Crippen molar-refractivity contribution < 1.29 is 18.0 Å². The first kappa shape index (κ1) is 24.2. The number of benzene rings is 1. The molecule has 2 rings (SSSR count). The third-order valence-corrected chi connectivity index (χ3v) is 4.19. The van der Waals surface area contributed by atoms with E-state index in [0.717, 1.165) is 23.9 Å². The zero-order valence-corrected chi connectivity index (χ0v) is 17.8. The Balaban J connectivity index is 2.27. The van der Waals surface area contributed by atoms with Gasteiger partial charge < -0.3 is 10.6 Å². The minimum atomic E-state index is -4.59. The molecule has 0 aliphatic heterocycles. The first-order valence-electron chi connectivity index (χ1n) is 8.68. The summed E-state index contributed by atoms with van der Waals surface area (Å²) in [5, 5.41) is 16.4. The third-order valence-electron chi connectivity index (χ3n) is 3.78. The van der Waals surface area contributed by atoms with E-state index in [4.69, 9.17) is 28.5 Å². The van der Waals surface area contributed by atoms with Crippen molar-refractivity contribution in [3.05, 3.63) is 59.4 Å². The number of anilines is 1. The van der Waals surface area contributed by atoms with Gasteiger partial charge in [0.1, 0.15) is 5.69 Å². The quantitative estimate of drug-likeness (QED) is 0.199. The predicted molar refractivity (Wildman–Crippen MR) is 112 cm³/mol. The van der Waals surface area contributed by atoms with Crippen LogP contribution in [0.4, 0.5) is 18.9 Å². The van der Waals surface area contributed by atoms with Crippen LogP contribution in [0.15, 0.2) is 47.6 Å². The number of carbonyl (C=O) groups is 1.